The van der Waals surface area contributed by atoms with Crippen molar-refractivity contribution < 1.29 is 4.74 Å². The molecule has 2 aromatic rings. The number of benzene rings is 2. The minimum Gasteiger partial charge on any atom is -0.497 e. The van der Waals surface area contributed by atoms with Gasteiger partial charge in [-0.3, -0.25) is 0 Å². The van der Waals surface area contributed by atoms with E-state index in [1.807, 2.05) is 31.3 Å². The van der Waals surface area contributed by atoms with Crippen LogP contribution >= 0.6 is 27.5 Å². The lowest BCUT2D eigenvalue weighted by Gasteiger charge is -2.19. The average molecular weight is 369 g/mol. The molecule has 0 aliphatic rings. The maximum absolute atomic E-state index is 6.18. The van der Waals surface area contributed by atoms with Crippen molar-refractivity contribution in [2.45, 2.75) is 19.4 Å². The number of methoxy groups -OCH3 is 1. The highest BCUT2D eigenvalue weighted by molar-refractivity contribution is 9.10. The summed E-state index contributed by atoms with van der Waals surface area (Å²) < 4.78 is 6.39. The lowest BCUT2D eigenvalue weighted by molar-refractivity contribution is 0.414. The Hall–Kier alpha value is -1.03. The smallest absolute Gasteiger partial charge is 0.119 e. The Kier molecular flexibility index (Phi) is 5.68. The van der Waals surface area contributed by atoms with Crippen LogP contribution in [-0.2, 0) is 6.42 Å². The van der Waals surface area contributed by atoms with Crippen molar-refractivity contribution in [3.63, 3.8) is 0 Å². The first-order chi connectivity index (χ1) is 10.0. The molecular formula is C17H19BrClNO. The maximum atomic E-state index is 6.18. The topological polar surface area (TPSA) is 21.3 Å². The minimum absolute atomic E-state index is 0.200. The van der Waals surface area contributed by atoms with Gasteiger partial charge in [0.1, 0.15) is 5.75 Å². The number of hydrogen-bond acceptors (Lipinski definition) is 2. The molecule has 21 heavy (non-hydrogen) atoms. The third-order valence-corrected chi connectivity index (χ3v) is 4.48. The van der Waals surface area contributed by atoms with Crippen LogP contribution in [0.4, 0.5) is 0 Å². The summed E-state index contributed by atoms with van der Waals surface area (Å²) in [6, 6.07) is 12.4. The summed E-state index contributed by atoms with van der Waals surface area (Å²) in [5.74, 6) is 0.866. The van der Waals surface area contributed by atoms with Crippen LogP contribution in [0.3, 0.4) is 0 Å². The van der Waals surface area contributed by atoms with Crippen molar-refractivity contribution in [1.82, 2.24) is 5.32 Å². The van der Waals surface area contributed by atoms with Crippen molar-refractivity contribution in [1.29, 1.82) is 0 Å². The van der Waals surface area contributed by atoms with Gasteiger partial charge in [-0.25, -0.2) is 0 Å². The monoisotopic (exact) mass is 367 g/mol. The van der Waals surface area contributed by atoms with E-state index in [1.165, 1.54) is 16.7 Å². The van der Waals surface area contributed by atoms with Gasteiger partial charge in [-0.05, 0) is 67.4 Å². The molecule has 1 unspecified atom stereocenters. The van der Waals surface area contributed by atoms with E-state index in [4.69, 9.17) is 16.3 Å². The average Bonchev–Trinajstić information content (AvgIpc) is 2.45. The molecule has 0 aliphatic heterocycles. The van der Waals surface area contributed by atoms with Crippen LogP contribution in [0.2, 0.25) is 5.02 Å². The second kappa shape index (κ2) is 7.30. The normalized spacial score (nSPS) is 12.2. The summed E-state index contributed by atoms with van der Waals surface area (Å²) in [6.45, 7) is 2.06. The Morgan fingerprint density at radius 3 is 2.62 bits per heavy atom. The first-order valence-corrected chi connectivity index (χ1v) is 7.97. The largest absolute Gasteiger partial charge is 0.497 e. The first kappa shape index (κ1) is 16.3. The summed E-state index contributed by atoms with van der Waals surface area (Å²) >= 11 is 9.79. The maximum Gasteiger partial charge on any atom is 0.119 e. The van der Waals surface area contributed by atoms with Crippen LogP contribution in [-0.4, -0.2) is 14.2 Å². The van der Waals surface area contributed by atoms with Gasteiger partial charge in [0, 0.05) is 15.5 Å². The fourth-order valence-corrected chi connectivity index (χ4v) is 3.11. The number of likely N-dealkylation sites (N-methyl/N-ethyl adjacent to an activating group) is 1. The van der Waals surface area contributed by atoms with Crippen molar-refractivity contribution in [3.8, 4) is 5.75 Å². The highest BCUT2D eigenvalue weighted by Crippen LogP contribution is 2.28. The van der Waals surface area contributed by atoms with E-state index < -0.39 is 0 Å². The van der Waals surface area contributed by atoms with Gasteiger partial charge >= 0.3 is 0 Å². The molecule has 2 rings (SSSR count). The van der Waals surface area contributed by atoms with Gasteiger partial charge in [0.2, 0.25) is 0 Å². The summed E-state index contributed by atoms with van der Waals surface area (Å²) in [5, 5.41) is 4.14. The molecule has 1 atom stereocenters. The van der Waals surface area contributed by atoms with E-state index in [-0.39, 0.29) is 6.04 Å². The van der Waals surface area contributed by atoms with Crippen LogP contribution in [0.1, 0.15) is 22.7 Å². The first-order valence-electron chi connectivity index (χ1n) is 6.80. The zero-order chi connectivity index (χ0) is 15.4. The molecule has 0 aromatic heterocycles. The number of aryl methyl sites for hydroxylation is 1. The van der Waals surface area contributed by atoms with Gasteiger partial charge in [-0.2, -0.15) is 0 Å². The number of nitrogens with one attached hydrogen (secondary N) is 1. The number of hydrogen-bond donors (Lipinski definition) is 1. The molecule has 0 fully saturated rings. The van der Waals surface area contributed by atoms with E-state index in [1.54, 1.807) is 7.11 Å². The Morgan fingerprint density at radius 1 is 1.24 bits per heavy atom. The third kappa shape index (κ3) is 4.22. The molecule has 4 heteroatoms. The fourth-order valence-electron chi connectivity index (χ4n) is 2.41. The molecule has 2 nitrogen and oxygen atoms in total. The van der Waals surface area contributed by atoms with Crippen molar-refractivity contribution in [2.24, 2.45) is 0 Å². The quantitative estimate of drug-likeness (QED) is 0.808. The Labute approximate surface area is 139 Å². The molecular weight excluding hydrogens is 350 g/mol. The lowest BCUT2D eigenvalue weighted by atomic mass is 9.97. The molecule has 0 bridgehead atoms. The highest BCUT2D eigenvalue weighted by atomic mass is 79.9. The van der Waals surface area contributed by atoms with Crippen LogP contribution in [0, 0.1) is 6.92 Å². The second-order valence-electron chi connectivity index (χ2n) is 5.06. The summed E-state index contributed by atoms with van der Waals surface area (Å²) in [5.41, 5.74) is 3.56. The summed E-state index contributed by atoms with van der Waals surface area (Å²) in [4.78, 5) is 0. The van der Waals surface area contributed by atoms with Gasteiger partial charge in [-0.1, -0.05) is 33.6 Å². The molecule has 0 saturated carbocycles. The number of rotatable bonds is 5. The Bertz CT molecular complexity index is 610. The van der Waals surface area contributed by atoms with E-state index in [0.29, 0.717) is 0 Å². The standard InChI is InChI=1S/C17H19BrClNO/c1-11-6-13(8-14(19)7-11)17(20-2)10-12-9-15(21-3)4-5-16(12)18/h4-9,17,20H,10H2,1-3H3. The van der Waals surface area contributed by atoms with E-state index in [0.717, 1.165) is 21.7 Å². The lowest BCUT2D eigenvalue weighted by Crippen LogP contribution is -2.19. The van der Waals surface area contributed by atoms with Gasteiger partial charge in [0.05, 0.1) is 7.11 Å². The van der Waals surface area contributed by atoms with Gasteiger partial charge in [0.15, 0.2) is 0 Å². The molecule has 2 aromatic carbocycles. The number of ether oxygens (including phenoxy) is 1. The predicted octanol–water partition coefficient (Wildman–Crippen LogP) is 4.92. The number of halogens is 2. The highest BCUT2D eigenvalue weighted by Gasteiger charge is 2.14. The molecule has 0 spiro atoms. The Morgan fingerprint density at radius 2 is 2.00 bits per heavy atom. The molecule has 0 radical (unpaired) electrons. The van der Waals surface area contributed by atoms with Crippen LogP contribution in [0.15, 0.2) is 40.9 Å². The molecule has 1 N–H and O–H groups in total. The van der Waals surface area contributed by atoms with Gasteiger partial charge in [0.25, 0.3) is 0 Å². The zero-order valence-electron chi connectivity index (χ0n) is 12.4. The predicted molar refractivity (Wildman–Crippen MR) is 92.4 cm³/mol. The van der Waals surface area contributed by atoms with Crippen molar-refractivity contribution >= 4 is 27.5 Å². The molecule has 0 aliphatic carbocycles. The van der Waals surface area contributed by atoms with Crippen LogP contribution < -0.4 is 10.1 Å². The molecule has 0 heterocycles. The fraction of sp³-hybridized carbons (Fsp3) is 0.294. The molecule has 112 valence electrons. The molecule has 0 saturated heterocycles. The Balaban J connectivity index is 2.30. The summed E-state index contributed by atoms with van der Waals surface area (Å²) in [6.07, 6.45) is 0.855. The van der Waals surface area contributed by atoms with Gasteiger partial charge < -0.3 is 10.1 Å². The second-order valence-corrected chi connectivity index (χ2v) is 6.36. The van der Waals surface area contributed by atoms with Gasteiger partial charge in [-0.15, -0.1) is 0 Å². The van der Waals surface area contributed by atoms with Crippen molar-refractivity contribution in [2.75, 3.05) is 14.2 Å². The molecule has 0 amide bonds. The SMILES string of the molecule is CNC(Cc1cc(OC)ccc1Br)c1cc(C)cc(Cl)c1. The van der Waals surface area contributed by atoms with E-state index in [2.05, 4.69) is 40.3 Å². The third-order valence-electron chi connectivity index (χ3n) is 3.49. The van der Waals surface area contributed by atoms with E-state index in [9.17, 15) is 0 Å². The van der Waals surface area contributed by atoms with Crippen molar-refractivity contribution in [3.05, 3.63) is 62.6 Å². The van der Waals surface area contributed by atoms with E-state index >= 15 is 0 Å². The van der Waals surface area contributed by atoms with Crippen LogP contribution in [0.5, 0.6) is 5.75 Å². The summed E-state index contributed by atoms with van der Waals surface area (Å²) in [7, 11) is 3.65. The van der Waals surface area contributed by atoms with Crippen LogP contribution in [0.25, 0.3) is 0 Å². The minimum atomic E-state index is 0.200. The zero-order valence-corrected chi connectivity index (χ0v) is 14.8.